The Hall–Kier alpha value is -0.610. The van der Waals surface area contributed by atoms with Gasteiger partial charge < -0.3 is 16.2 Å². The summed E-state index contributed by atoms with van der Waals surface area (Å²) in [6.07, 6.45) is 0.897. The Balaban J connectivity index is 2.97. The maximum atomic E-state index is 10.0. The van der Waals surface area contributed by atoms with Crippen LogP contribution < -0.4 is 11.1 Å². The van der Waals surface area contributed by atoms with E-state index in [1.807, 2.05) is 6.92 Å². The van der Waals surface area contributed by atoms with E-state index in [0.717, 1.165) is 13.1 Å². The molecule has 4 nitrogen and oxygen atoms in total. The van der Waals surface area contributed by atoms with Crippen molar-refractivity contribution in [3.63, 3.8) is 0 Å². The summed E-state index contributed by atoms with van der Waals surface area (Å²) in [5.74, 6) is -0.743. The smallest absolute Gasteiger partial charge is 0.303 e. The average molecular weight is 160 g/mol. The van der Waals surface area contributed by atoms with Crippen LogP contribution in [0.3, 0.4) is 0 Å². The minimum Gasteiger partial charge on any atom is -0.481 e. The molecule has 0 heterocycles. The number of nitrogens with two attached hydrogens (primary N) is 1. The molecule has 11 heavy (non-hydrogen) atoms. The summed E-state index contributed by atoms with van der Waals surface area (Å²) in [6, 6.07) is 0.139. The minimum atomic E-state index is -0.743. The molecule has 0 aromatic rings. The van der Waals surface area contributed by atoms with E-state index >= 15 is 0 Å². The predicted octanol–water partition coefficient (Wildman–Crippen LogP) is -0.212. The molecule has 0 aliphatic heterocycles. The van der Waals surface area contributed by atoms with Crippen LogP contribution in [-0.2, 0) is 4.79 Å². The van der Waals surface area contributed by atoms with Crippen LogP contribution >= 0.6 is 0 Å². The molecule has 0 rings (SSSR count). The summed E-state index contributed by atoms with van der Waals surface area (Å²) in [6.45, 7) is 3.39. The highest BCUT2D eigenvalue weighted by molar-refractivity contribution is 5.66. The van der Waals surface area contributed by atoms with E-state index in [1.54, 1.807) is 0 Å². The van der Waals surface area contributed by atoms with E-state index in [9.17, 15) is 4.79 Å². The van der Waals surface area contributed by atoms with E-state index in [2.05, 4.69) is 5.32 Å². The van der Waals surface area contributed by atoms with Gasteiger partial charge in [-0.1, -0.05) is 0 Å². The topological polar surface area (TPSA) is 75.3 Å². The Bertz CT molecular complexity index is 115. The first-order valence-corrected chi connectivity index (χ1v) is 3.81. The number of carboxylic acids is 1. The molecule has 0 aromatic carbocycles. The van der Waals surface area contributed by atoms with Gasteiger partial charge in [0.1, 0.15) is 0 Å². The highest BCUT2D eigenvalue weighted by Gasteiger charge is 1.96. The second-order valence-corrected chi connectivity index (χ2v) is 2.68. The van der Waals surface area contributed by atoms with Crippen molar-refractivity contribution < 1.29 is 9.90 Å². The Morgan fingerprint density at radius 1 is 1.73 bits per heavy atom. The summed E-state index contributed by atoms with van der Waals surface area (Å²) in [5, 5.41) is 11.3. The summed E-state index contributed by atoms with van der Waals surface area (Å²) in [4.78, 5) is 10.0. The monoisotopic (exact) mass is 160 g/mol. The van der Waals surface area contributed by atoms with Gasteiger partial charge in [0.15, 0.2) is 0 Å². The maximum Gasteiger partial charge on any atom is 0.303 e. The molecule has 1 atom stereocenters. The molecular weight excluding hydrogens is 144 g/mol. The van der Waals surface area contributed by atoms with Gasteiger partial charge in [-0.05, 0) is 19.9 Å². The molecular formula is C7H16N2O2. The summed E-state index contributed by atoms with van der Waals surface area (Å²) < 4.78 is 0. The van der Waals surface area contributed by atoms with Crippen LogP contribution in [0.1, 0.15) is 19.8 Å². The van der Waals surface area contributed by atoms with Crippen LogP contribution in [0.15, 0.2) is 0 Å². The molecule has 0 aliphatic rings. The molecule has 0 saturated carbocycles. The fourth-order valence-electron chi connectivity index (χ4n) is 0.694. The van der Waals surface area contributed by atoms with Crippen molar-refractivity contribution in [2.24, 2.45) is 5.73 Å². The lowest BCUT2D eigenvalue weighted by Crippen LogP contribution is -2.31. The van der Waals surface area contributed by atoms with Crippen molar-refractivity contribution in [3.8, 4) is 0 Å². The molecule has 0 amide bonds. The fraction of sp³-hybridized carbons (Fsp3) is 0.857. The van der Waals surface area contributed by atoms with E-state index in [1.165, 1.54) is 0 Å². The van der Waals surface area contributed by atoms with Crippen molar-refractivity contribution in [3.05, 3.63) is 0 Å². The molecule has 0 bridgehead atoms. The van der Waals surface area contributed by atoms with Gasteiger partial charge in [0.2, 0.25) is 0 Å². The fourth-order valence-corrected chi connectivity index (χ4v) is 0.694. The maximum absolute atomic E-state index is 10.0. The van der Waals surface area contributed by atoms with Crippen LogP contribution in [0.4, 0.5) is 0 Å². The highest BCUT2D eigenvalue weighted by atomic mass is 16.4. The molecule has 4 heteroatoms. The van der Waals surface area contributed by atoms with E-state index in [4.69, 9.17) is 10.8 Å². The molecule has 4 N–H and O–H groups in total. The number of hydrogen-bond donors (Lipinski definition) is 3. The molecule has 0 aliphatic carbocycles. The Kier molecular flexibility index (Phi) is 5.78. The zero-order valence-electron chi connectivity index (χ0n) is 6.84. The lowest BCUT2D eigenvalue weighted by Gasteiger charge is -2.05. The number of hydrogen-bond acceptors (Lipinski definition) is 3. The van der Waals surface area contributed by atoms with Crippen LogP contribution in [0.2, 0.25) is 0 Å². The molecule has 0 aromatic heterocycles. The summed E-state index contributed by atoms with van der Waals surface area (Å²) in [7, 11) is 0. The van der Waals surface area contributed by atoms with Crippen molar-refractivity contribution in [2.45, 2.75) is 25.8 Å². The Morgan fingerprint density at radius 2 is 2.36 bits per heavy atom. The Morgan fingerprint density at radius 3 is 2.82 bits per heavy atom. The first-order valence-electron chi connectivity index (χ1n) is 3.81. The molecule has 0 saturated heterocycles. The molecule has 1 unspecified atom stereocenters. The van der Waals surface area contributed by atoms with Gasteiger partial charge in [0.05, 0.1) is 0 Å². The standard InChI is InChI=1S/C7H16N2O2/c1-6(8)5-9-4-2-3-7(10)11/h6,9H,2-5,8H2,1H3,(H,10,11). The van der Waals surface area contributed by atoms with Crippen molar-refractivity contribution in [1.29, 1.82) is 0 Å². The largest absolute Gasteiger partial charge is 0.481 e. The zero-order chi connectivity index (χ0) is 8.69. The molecule has 0 fully saturated rings. The van der Waals surface area contributed by atoms with Gasteiger partial charge in [0.25, 0.3) is 0 Å². The van der Waals surface area contributed by atoms with Crippen LogP contribution in [0.25, 0.3) is 0 Å². The second-order valence-electron chi connectivity index (χ2n) is 2.68. The summed E-state index contributed by atoms with van der Waals surface area (Å²) >= 11 is 0. The quantitative estimate of drug-likeness (QED) is 0.470. The van der Waals surface area contributed by atoms with Gasteiger partial charge in [-0.2, -0.15) is 0 Å². The van der Waals surface area contributed by atoms with Gasteiger partial charge in [-0.3, -0.25) is 4.79 Å². The first-order chi connectivity index (χ1) is 5.13. The molecule has 66 valence electrons. The van der Waals surface area contributed by atoms with Crippen LogP contribution in [-0.4, -0.2) is 30.2 Å². The third-order valence-electron chi connectivity index (χ3n) is 1.21. The minimum absolute atomic E-state index is 0.139. The number of carbonyl (C=O) groups is 1. The highest BCUT2D eigenvalue weighted by Crippen LogP contribution is 1.85. The van der Waals surface area contributed by atoms with E-state index in [0.29, 0.717) is 6.42 Å². The molecule has 0 spiro atoms. The van der Waals surface area contributed by atoms with Gasteiger partial charge in [0, 0.05) is 19.0 Å². The van der Waals surface area contributed by atoms with Gasteiger partial charge in [-0.15, -0.1) is 0 Å². The number of nitrogens with one attached hydrogen (secondary N) is 1. The lowest BCUT2D eigenvalue weighted by atomic mass is 10.3. The zero-order valence-corrected chi connectivity index (χ0v) is 6.84. The number of carboxylic acid groups (broad SMARTS) is 1. The van der Waals surface area contributed by atoms with Gasteiger partial charge >= 0.3 is 5.97 Å². The van der Waals surface area contributed by atoms with Crippen molar-refractivity contribution in [1.82, 2.24) is 5.32 Å². The summed E-state index contributed by atoms with van der Waals surface area (Å²) in [5.41, 5.74) is 5.46. The van der Waals surface area contributed by atoms with Crippen molar-refractivity contribution >= 4 is 5.97 Å². The van der Waals surface area contributed by atoms with Crippen LogP contribution in [0.5, 0.6) is 0 Å². The predicted molar refractivity (Wildman–Crippen MR) is 43.4 cm³/mol. The lowest BCUT2D eigenvalue weighted by molar-refractivity contribution is -0.137. The average Bonchev–Trinajstić information content (AvgIpc) is 1.85. The number of aliphatic carboxylic acids is 1. The van der Waals surface area contributed by atoms with Gasteiger partial charge in [-0.25, -0.2) is 0 Å². The Labute approximate surface area is 66.8 Å². The normalized spacial score (nSPS) is 12.9. The van der Waals surface area contributed by atoms with Crippen LogP contribution in [0, 0.1) is 0 Å². The third kappa shape index (κ3) is 9.39. The third-order valence-corrected chi connectivity index (χ3v) is 1.21. The second kappa shape index (κ2) is 6.12. The molecule has 0 radical (unpaired) electrons. The first kappa shape index (κ1) is 10.4. The van der Waals surface area contributed by atoms with Crippen molar-refractivity contribution in [2.75, 3.05) is 13.1 Å². The number of rotatable bonds is 6. The van der Waals surface area contributed by atoms with E-state index in [-0.39, 0.29) is 12.5 Å². The van der Waals surface area contributed by atoms with E-state index < -0.39 is 5.97 Å². The SMILES string of the molecule is CC(N)CNCCCC(=O)O.